The first-order chi connectivity index (χ1) is 13.9. The lowest BCUT2D eigenvalue weighted by Gasteiger charge is -2.16. The average Bonchev–Trinajstić information content (AvgIpc) is 2.64. The zero-order valence-corrected chi connectivity index (χ0v) is 15.3. The van der Waals surface area contributed by atoms with E-state index in [0.29, 0.717) is 18.6 Å². The van der Waals surface area contributed by atoms with Crippen LogP contribution in [0.2, 0.25) is 0 Å². The van der Waals surface area contributed by atoms with Crippen LogP contribution in [0.1, 0.15) is 28.7 Å². The lowest BCUT2D eigenvalue weighted by Crippen LogP contribution is -2.41. The summed E-state index contributed by atoms with van der Waals surface area (Å²) < 4.78 is 77.4. The van der Waals surface area contributed by atoms with Gasteiger partial charge in [0.25, 0.3) is 0 Å². The summed E-state index contributed by atoms with van der Waals surface area (Å²) in [5.74, 6) is -2.36. The van der Waals surface area contributed by atoms with Gasteiger partial charge in [-0.1, -0.05) is 30.3 Å². The van der Waals surface area contributed by atoms with E-state index in [1.165, 1.54) is 0 Å². The highest BCUT2D eigenvalue weighted by Gasteiger charge is 2.37. The second-order valence-corrected chi connectivity index (χ2v) is 6.57. The van der Waals surface area contributed by atoms with Crippen LogP contribution in [0.3, 0.4) is 0 Å². The van der Waals surface area contributed by atoms with E-state index in [-0.39, 0.29) is 12.5 Å². The lowest BCUT2D eigenvalue weighted by molar-refractivity contribution is -0.143. The van der Waals surface area contributed by atoms with Crippen molar-refractivity contribution >= 4 is 11.9 Å². The predicted molar refractivity (Wildman–Crippen MR) is 94.5 cm³/mol. The number of benzene rings is 2. The van der Waals surface area contributed by atoms with Crippen molar-refractivity contribution in [1.29, 1.82) is 0 Å². The Hall–Kier alpha value is -3.04. The summed E-state index contributed by atoms with van der Waals surface area (Å²) in [6, 6.07) is 8.26. The predicted octanol–water partition coefficient (Wildman–Crippen LogP) is 4.47. The first kappa shape index (κ1) is 23.2. The van der Waals surface area contributed by atoms with E-state index < -0.39 is 53.4 Å². The average molecular weight is 433 g/mol. The molecule has 0 aliphatic carbocycles. The van der Waals surface area contributed by atoms with Gasteiger partial charge in [0.15, 0.2) is 0 Å². The zero-order valence-electron chi connectivity index (χ0n) is 15.3. The minimum Gasteiger partial charge on any atom is -0.480 e. The number of amides is 1. The summed E-state index contributed by atoms with van der Waals surface area (Å²) >= 11 is 0. The number of carbonyl (C=O) groups excluding carboxylic acids is 1. The third-order valence-electron chi connectivity index (χ3n) is 4.21. The number of nitrogens with one attached hydrogen (secondary N) is 1. The molecule has 2 aromatic carbocycles. The number of carboxylic acids is 1. The molecule has 0 spiro atoms. The van der Waals surface area contributed by atoms with E-state index >= 15 is 0 Å². The van der Waals surface area contributed by atoms with Crippen molar-refractivity contribution in [1.82, 2.24) is 5.32 Å². The molecule has 0 aliphatic rings. The van der Waals surface area contributed by atoms with Gasteiger partial charge in [-0.25, -0.2) is 4.79 Å². The summed E-state index contributed by atoms with van der Waals surface area (Å²) in [4.78, 5) is 23.5. The van der Waals surface area contributed by atoms with Crippen LogP contribution < -0.4 is 5.32 Å². The second-order valence-electron chi connectivity index (χ2n) is 6.57. The van der Waals surface area contributed by atoms with Gasteiger partial charge in [0, 0.05) is 0 Å². The van der Waals surface area contributed by atoms with Crippen molar-refractivity contribution in [3.8, 4) is 0 Å². The highest BCUT2D eigenvalue weighted by Crippen LogP contribution is 2.36. The number of alkyl halides is 6. The number of carbonyl (C=O) groups is 2. The van der Waals surface area contributed by atoms with Gasteiger partial charge >= 0.3 is 18.3 Å². The molecule has 1 atom stereocenters. The molecular formula is C20H17F6NO3. The number of halogens is 6. The fourth-order valence-electron chi connectivity index (χ4n) is 2.77. The van der Waals surface area contributed by atoms with E-state index in [2.05, 4.69) is 5.32 Å². The quantitative estimate of drug-likeness (QED) is 0.634. The fraction of sp³-hybridized carbons (Fsp3) is 0.300. The summed E-state index contributed by atoms with van der Waals surface area (Å²) in [7, 11) is 0. The van der Waals surface area contributed by atoms with Crippen LogP contribution in [-0.2, 0) is 34.8 Å². The van der Waals surface area contributed by atoms with Crippen molar-refractivity contribution in [3.63, 3.8) is 0 Å². The molecular weight excluding hydrogens is 416 g/mol. The smallest absolute Gasteiger partial charge is 0.416 e. The molecule has 0 bridgehead atoms. The van der Waals surface area contributed by atoms with Gasteiger partial charge in [-0.15, -0.1) is 0 Å². The Labute approximate surface area is 167 Å². The highest BCUT2D eigenvalue weighted by atomic mass is 19.4. The molecule has 2 N–H and O–H groups in total. The fourth-order valence-corrected chi connectivity index (χ4v) is 2.77. The van der Waals surface area contributed by atoms with E-state index in [1.54, 1.807) is 30.3 Å². The maximum absolute atomic E-state index is 12.9. The number of aryl methyl sites for hydroxylation is 1. The minimum atomic E-state index is -5.04. The SMILES string of the molecule is O=C(Cc1cc(C(F)(F)F)cc(C(F)(F)F)c1)N[C@@H](CCc1ccccc1)C(=O)O. The molecule has 10 heteroatoms. The molecule has 0 heterocycles. The maximum atomic E-state index is 12.9. The van der Waals surface area contributed by atoms with E-state index in [1.807, 2.05) is 0 Å². The lowest BCUT2D eigenvalue weighted by atomic mass is 10.0. The normalized spacial score (nSPS) is 13.0. The van der Waals surface area contributed by atoms with Gasteiger partial charge in [0.1, 0.15) is 6.04 Å². The number of hydrogen-bond acceptors (Lipinski definition) is 2. The second kappa shape index (κ2) is 9.19. The topological polar surface area (TPSA) is 66.4 Å². The molecule has 0 aliphatic heterocycles. The Kier molecular flexibility index (Phi) is 7.12. The molecule has 0 radical (unpaired) electrons. The molecule has 2 rings (SSSR count). The van der Waals surface area contributed by atoms with Gasteiger partial charge in [0.05, 0.1) is 17.5 Å². The Morgan fingerprint density at radius 3 is 1.87 bits per heavy atom. The van der Waals surface area contributed by atoms with E-state index in [0.717, 1.165) is 5.56 Å². The Bertz CT molecular complexity index is 861. The third-order valence-corrected chi connectivity index (χ3v) is 4.21. The standard InChI is InChI=1S/C20H17F6NO3/c21-19(22,23)14-8-13(9-15(11-14)20(24,25)26)10-17(28)27-16(18(29)30)7-6-12-4-2-1-3-5-12/h1-5,8-9,11,16H,6-7,10H2,(H,27,28)(H,29,30)/t16-/m0/s1. The summed E-state index contributed by atoms with van der Waals surface area (Å²) in [6.45, 7) is 0. The van der Waals surface area contributed by atoms with Crippen LogP contribution in [0.5, 0.6) is 0 Å². The van der Waals surface area contributed by atoms with Crippen LogP contribution in [0.4, 0.5) is 26.3 Å². The first-order valence-corrected chi connectivity index (χ1v) is 8.70. The summed E-state index contributed by atoms with van der Waals surface area (Å²) in [6.07, 6.45) is -10.6. The molecule has 1 amide bonds. The third kappa shape index (κ3) is 6.78. The number of carboxylic acid groups (broad SMARTS) is 1. The van der Waals surface area contributed by atoms with Gasteiger partial charge in [0.2, 0.25) is 5.91 Å². The first-order valence-electron chi connectivity index (χ1n) is 8.70. The Balaban J connectivity index is 2.14. The van der Waals surface area contributed by atoms with Crippen LogP contribution >= 0.6 is 0 Å². The van der Waals surface area contributed by atoms with Crippen LogP contribution in [0, 0.1) is 0 Å². The van der Waals surface area contributed by atoms with Crippen molar-refractivity contribution in [2.24, 2.45) is 0 Å². The van der Waals surface area contributed by atoms with Crippen molar-refractivity contribution in [2.75, 3.05) is 0 Å². The van der Waals surface area contributed by atoms with Gasteiger partial charge in [-0.05, 0) is 42.2 Å². The van der Waals surface area contributed by atoms with Gasteiger partial charge in [-0.3, -0.25) is 4.79 Å². The molecule has 0 aromatic heterocycles. The highest BCUT2D eigenvalue weighted by molar-refractivity contribution is 5.84. The van der Waals surface area contributed by atoms with Gasteiger partial charge < -0.3 is 10.4 Å². The monoisotopic (exact) mass is 433 g/mol. The van der Waals surface area contributed by atoms with Gasteiger partial charge in [-0.2, -0.15) is 26.3 Å². The molecule has 0 saturated carbocycles. The molecule has 2 aromatic rings. The van der Waals surface area contributed by atoms with Crippen molar-refractivity contribution in [2.45, 2.75) is 37.7 Å². The summed E-state index contributed by atoms with van der Waals surface area (Å²) in [5, 5.41) is 11.4. The van der Waals surface area contributed by atoms with E-state index in [9.17, 15) is 41.0 Å². The molecule has 0 saturated heterocycles. The zero-order chi connectivity index (χ0) is 22.5. The number of rotatable bonds is 7. The molecule has 162 valence electrons. The van der Waals surface area contributed by atoms with Crippen molar-refractivity contribution < 1.29 is 41.0 Å². The van der Waals surface area contributed by atoms with Crippen LogP contribution in [0.15, 0.2) is 48.5 Å². The van der Waals surface area contributed by atoms with Crippen LogP contribution in [-0.4, -0.2) is 23.0 Å². The Morgan fingerprint density at radius 1 is 0.867 bits per heavy atom. The van der Waals surface area contributed by atoms with E-state index in [4.69, 9.17) is 0 Å². The molecule has 0 unspecified atom stereocenters. The number of hydrogen-bond donors (Lipinski definition) is 2. The minimum absolute atomic E-state index is 0.00147. The maximum Gasteiger partial charge on any atom is 0.416 e. The van der Waals surface area contributed by atoms with Crippen molar-refractivity contribution in [3.05, 3.63) is 70.8 Å². The largest absolute Gasteiger partial charge is 0.480 e. The number of aliphatic carboxylic acids is 1. The van der Waals surface area contributed by atoms with Crippen LogP contribution in [0.25, 0.3) is 0 Å². The molecule has 0 fully saturated rings. The molecule has 4 nitrogen and oxygen atoms in total. The Morgan fingerprint density at radius 2 is 1.40 bits per heavy atom. The molecule has 30 heavy (non-hydrogen) atoms. The summed E-state index contributed by atoms with van der Waals surface area (Å²) in [5.41, 5.74) is -2.80.